The summed E-state index contributed by atoms with van der Waals surface area (Å²) in [4.78, 5) is 15.1. The van der Waals surface area contributed by atoms with Crippen molar-refractivity contribution in [2.75, 3.05) is 36.5 Å². The third kappa shape index (κ3) is 4.95. The molecule has 3 aromatic rings. The Balaban J connectivity index is 1.45. The van der Waals surface area contributed by atoms with Gasteiger partial charge in [-0.05, 0) is 35.9 Å². The molecule has 1 amide bonds. The van der Waals surface area contributed by atoms with Gasteiger partial charge in [0.25, 0.3) is 5.91 Å². The van der Waals surface area contributed by atoms with Crippen LogP contribution < -0.4 is 15.0 Å². The Bertz CT molecular complexity index is 953. The van der Waals surface area contributed by atoms with Crippen LogP contribution in [-0.4, -0.2) is 32.2 Å². The van der Waals surface area contributed by atoms with Gasteiger partial charge in [0.1, 0.15) is 12.4 Å². The summed E-state index contributed by atoms with van der Waals surface area (Å²) in [6.45, 7) is 3.49. The van der Waals surface area contributed by atoms with Crippen molar-refractivity contribution in [2.24, 2.45) is 0 Å². The van der Waals surface area contributed by atoms with Crippen molar-refractivity contribution >= 4 is 17.3 Å². The Kier molecular flexibility index (Phi) is 6.07. The Labute approximate surface area is 170 Å². The first-order valence-electron chi connectivity index (χ1n) is 9.79. The number of rotatable bonds is 6. The highest BCUT2D eigenvalue weighted by molar-refractivity contribution is 6.06. The van der Waals surface area contributed by atoms with Gasteiger partial charge in [-0.3, -0.25) is 4.79 Å². The standard InChI is InChI=1S/C24H24N2O3/c27-24(25-22-11-4-5-12-23(22)26-13-15-28-16-14-26)20-9-6-10-21(17-20)29-18-19-7-2-1-3-8-19/h1-12,17H,13-16,18H2,(H,25,27). The molecule has 1 heterocycles. The molecule has 5 heteroatoms. The highest BCUT2D eigenvalue weighted by Gasteiger charge is 2.16. The lowest BCUT2D eigenvalue weighted by Crippen LogP contribution is -2.36. The number of nitrogens with one attached hydrogen (secondary N) is 1. The van der Waals surface area contributed by atoms with E-state index in [1.165, 1.54) is 0 Å². The summed E-state index contributed by atoms with van der Waals surface area (Å²) in [5, 5.41) is 3.05. The van der Waals surface area contributed by atoms with E-state index >= 15 is 0 Å². The van der Waals surface area contributed by atoms with Gasteiger partial charge < -0.3 is 19.7 Å². The van der Waals surface area contributed by atoms with E-state index in [-0.39, 0.29) is 5.91 Å². The van der Waals surface area contributed by atoms with Crippen LogP contribution >= 0.6 is 0 Å². The molecule has 0 aromatic heterocycles. The van der Waals surface area contributed by atoms with Crippen LogP contribution in [0.1, 0.15) is 15.9 Å². The van der Waals surface area contributed by atoms with Gasteiger partial charge in [-0.25, -0.2) is 0 Å². The molecule has 0 saturated carbocycles. The van der Waals surface area contributed by atoms with E-state index in [0.29, 0.717) is 31.1 Å². The molecule has 0 aliphatic carbocycles. The lowest BCUT2D eigenvalue weighted by Gasteiger charge is -2.30. The van der Waals surface area contributed by atoms with Crippen LogP contribution in [0.3, 0.4) is 0 Å². The maximum atomic E-state index is 12.9. The maximum absolute atomic E-state index is 12.9. The fourth-order valence-electron chi connectivity index (χ4n) is 3.32. The molecule has 1 aliphatic heterocycles. The molecule has 148 valence electrons. The number of hydrogen-bond acceptors (Lipinski definition) is 4. The lowest BCUT2D eigenvalue weighted by molar-refractivity contribution is 0.102. The smallest absolute Gasteiger partial charge is 0.255 e. The van der Waals surface area contributed by atoms with E-state index in [1.807, 2.05) is 66.7 Å². The zero-order valence-electron chi connectivity index (χ0n) is 16.2. The summed E-state index contributed by atoms with van der Waals surface area (Å²) >= 11 is 0. The summed E-state index contributed by atoms with van der Waals surface area (Å²) in [7, 11) is 0. The SMILES string of the molecule is O=C(Nc1ccccc1N1CCOCC1)c1cccc(OCc2ccccc2)c1. The van der Waals surface area contributed by atoms with Gasteiger partial charge in [-0.2, -0.15) is 0 Å². The molecule has 5 nitrogen and oxygen atoms in total. The van der Waals surface area contributed by atoms with Crippen LogP contribution in [0.25, 0.3) is 0 Å². The number of carbonyl (C=O) groups is 1. The summed E-state index contributed by atoms with van der Waals surface area (Å²) in [5.41, 5.74) is 3.46. The van der Waals surface area contributed by atoms with Crippen LogP contribution in [0.5, 0.6) is 5.75 Å². The monoisotopic (exact) mass is 388 g/mol. The first-order chi connectivity index (χ1) is 14.3. The molecular formula is C24H24N2O3. The first-order valence-corrected chi connectivity index (χ1v) is 9.79. The molecular weight excluding hydrogens is 364 g/mol. The number of benzene rings is 3. The third-order valence-corrected chi connectivity index (χ3v) is 4.85. The van der Waals surface area contributed by atoms with Gasteiger partial charge in [0.15, 0.2) is 0 Å². The molecule has 3 aromatic carbocycles. The number of para-hydroxylation sites is 2. The van der Waals surface area contributed by atoms with Crippen LogP contribution in [0, 0.1) is 0 Å². The summed E-state index contributed by atoms with van der Waals surface area (Å²) < 4.78 is 11.3. The molecule has 4 rings (SSSR count). The largest absolute Gasteiger partial charge is 0.489 e. The third-order valence-electron chi connectivity index (χ3n) is 4.85. The number of ether oxygens (including phenoxy) is 2. The van der Waals surface area contributed by atoms with Gasteiger partial charge >= 0.3 is 0 Å². The minimum absolute atomic E-state index is 0.157. The average molecular weight is 388 g/mol. The van der Waals surface area contributed by atoms with Crippen molar-refractivity contribution < 1.29 is 14.3 Å². The summed E-state index contributed by atoms with van der Waals surface area (Å²) in [6, 6.07) is 25.1. The molecule has 0 unspecified atom stereocenters. The predicted molar refractivity (Wildman–Crippen MR) is 115 cm³/mol. The number of morpholine rings is 1. The average Bonchev–Trinajstić information content (AvgIpc) is 2.79. The second kappa shape index (κ2) is 9.26. The maximum Gasteiger partial charge on any atom is 0.255 e. The van der Waals surface area contributed by atoms with Crippen LogP contribution in [-0.2, 0) is 11.3 Å². The topological polar surface area (TPSA) is 50.8 Å². The minimum Gasteiger partial charge on any atom is -0.489 e. The van der Waals surface area contributed by atoms with E-state index in [1.54, 1.807) is 12.1 Å². The molecule has 1 saturated heterocycles. The molecule has 1 aliphatic rings. The zero-order valence-corrected chi connectivity index (χ0v) is 16.2. The molecule has 1 N–H and O–H groups in total. The van der Waals surface area contributed by atoms with E-state index in [4.69, 9.17) is 9.47 Å². The molecule has 0 radical (unpaired) electrons. The van der Waals surface area contributed by atoms with E-state index in [2.05, 4.69) is 10.2 Å². The Morgan fingerprint density at radius 3 is 2.52 bits per heavy atom. The molecule has 29 heavy (non-hydrogen) atoms. The Hall–Kier alpha value is -3.31. The van der Waals surface area contributed by atoms with Gasteiger partial charge in [0.2, 0.25) is 0 Å². The van der Waals surface area contributed by atoms with E-state index < -0.39 is 0 Å². The van der Waals surface area contributed by atoms with Crippen LogP contribution in [0.2, 0.25) is 0 Å². The van der Waals surface area contributed by atoms with E-state index in [9.17, 15) is 4.79 Å². The van der Waals surface area contributed by atoms with Crippen molar-refractivity contribution in [1.29, 1.82) is 0 Å². The van der Waals surface area contributed by atoms with Crippen molar-refractivity contribution in [3.63, 3.8) is 0 Å². The van der Waals surface area contributed by atoms with Crippen molar-refractivity contribution in [3.05, 3.63) is 90.0 Å². The summed E-state index contributed by atoms with van der Waals surface area (Å²) in [5.74, 6) is 0.513. The zero-order chi connectivity index (χ0) is 19.9. The van der Waals surface area contributed by atoms with Gasteiger partial charge in [0.05, 0.1) is 24.6 Å². The Morgan fingerprint density at radius 2 is 1.69 bits per heavy atom. The van der Waals surface area contributed by atoms with Crippen molar-refractivity contribution in [2.45, 2.75) is 6.61 Å². The van der Waals surface area contributed by atoms with E-state index in [0.717, 1.165) is 30.0 Å². The number of hydrogen-bond donors (Lipinski definition) is 1. The highest BCUT2D eigenvalue weighted by Crippen LogP contribution is 2.27. The number of anilines is 2. The number of carbonyl (C=O) groups excluding carboxylic acids is 1. The lowest BCUT2D eigenvalue weighted by atomic mass is 10.1. The highest BCUT2D eigenvalue weighted by atomic mass is 16.5. The van der Waals surface area contributed by atoms with Crippen LogP contribution in [0.15, 0.2) is 78.9 Å². The van der Waals surface area contributed by atoms with Crippen molar-refractivity contribution in [1.82, 2.24) is 0 Å². The number of nitrogens with zero attached hydrogens (tertiary/aromatic N) is 1. The number of amides is 1. The fourth-order valence-corrected chi connectivity index (χ4v) is 3.32. The van der Waals surface area contributed by atoms with Gasteiger partial charge in [0, 0.05) is 18.7 Å². The second-order valence-corrected chi connectivity index (χ2v) is 6.87. The minimum atomic E-state index is -0.157. The fraction of sp³-hybridized carbons (Fsp3) is 0.208. The first kappa shape index (κ1) is 19.0. The molecule has 0 spiro atoms. The molecule has 1 fully saturated rings. The van der Waals surface area contributed by atoms with Crippen molar-refractivity contribution in [3.8, 4) is 5.75 Å². The van der Waals surface area contributed by atoms with Crippen LogP contribution in [0.4, 0.5) is 11.4 Å². The molecule has 0 bridgehead atoms. The second-order valence-electron chi connectivity index (χ2n) is 6.87. The van der Waals surface area contributed by atoms with Gasteiger partial charge in [-0.15, -0.1) is 0 Å². The normalized spacial score (nSPS) is 13.7. The Morgan fingerprint density at radius 1 is 0.931 bits per heavy atom. The molecule has 0 atom stereocenters. The quantitative estimate of drug-likeness (QED) is 0.682. The van der Waals surface area contributed by atoms with Gasteiger partial charge in [-0.1, -0.05) is 48.5 Å². The summed E-state index contributed by atoms with van der Waals surface area (Å²) in [6.07, 6.45) is 0. The predicted octanol–water partition coefficient (Wildman–Crippen LogP) is 4.35.